The van der Waals surface area contributed by atoms with Crippen LogP contribution in [0, 0.1) is 0 Å². The smallest absolute Gasteiger partial charge is 0.335 e. The lowest BCUT2D eigenvalue weighted by Crippen LogP contribution is -2.34. The number of rotatable bonds is 4. The number of aromatic carboxylic acids is 1. The van der Waals surface area contributed by atoms with Gasteiger partial charge < -0.3 is 10.0 Å². The van der Waals surface area contributed by atoms with Gasteiger partial charge >= 0.3 is 5.97 Å². The van der Waals surface area contributed by atoms with E-state index in [1.807, 2.05) is 4.90 Å². The first-order valence-electron chi connectivity index (χ1n) is 6.82. The third-order valence-electron chi connectivity index (χ3n) is 3.64. The molecule has 1 amide bonds. The highest BCUT2D eigenvalue weighted by atomic mass is 16.4. The highest BCUT2D eigenvalue weighted by Crippen LogP contribution is 2.14. The van der Waals surface area contributed by atoms with Gasteiger partial charge in [0.05, 0.1) is 5.56 Å². The van der Waals surface area contributed by atoms with Crippen molar-refractivity contribution in [3.63, 3.8) is 0 Å². The van der Waals surface area contributed by atoms with Gasteiger partial charge in [-0.15, -0.1) is 0 Å². The molecular formula is C16H19NO3. The summed E-state index contributed by atoms with van der Waals surface area (Å²) in [6.45, 7) is 3.51. The summed E-state index contributed by atoms with van der Waals surface area (Å²) in [5.41, 5.74) is 2.33. The van der Waals surface area contributed by atoms with Crippen molar-refractivity contribution >= 4 is 11.9 Å². The van der Waals surface area contributed by atoms with Gasteiger partial charge in [-0.05, 0) is 31.4 Å². The van der Waals surface area contributed by atoms with E-state index < -0.39 is 5.97 Å². The molecule has 20 heavy (non-hydrogen) atoms. The molecule has 0 fully saturated rings. The van der Waals surface area contributed by atoms with E-state index >= 15 is 0 Å². The molecule has 1 aromatic rings. The molecule has 2 rings (SSSR count). The Morgan fingerprint density at radius 1 is 1.30 bits per heavy atom. The molecule has 1 aliphatic heterocycles. The van der Waals surface area contributed by atoms with E-state index in [1.54, 1.807) is 24.3 Å². The van der Waals surface area contributed by atoms with Crippen molar-refractivity contribution in [1.82, 2.24) is 4.90 Å². The van der Waals surface area contributed by atoms with Crippen molar-refractivity contribution in [3.05, 3.63) is 47.0 Å². The molecule has 0 aliphatic carbocycles. The number of carbonyl (C=O) groups is 2. The molecule has 1 aromatic carbocycles. The third-order valence-corrected chi connectivity index (χ3v) is 3.64. The van der Waals surface area contributed by atoms with Crippen LogP contribution in [0.25, 0.3) is 0 Å². The zero-order chi connectivity index (χ0) is 14.5. The first kappa shape index (κ1) is 14.3. The Balaban J connectivity index is 1.96. The fourth-order valence-electron chi connectivity index (χ4n) is 2.34. The van der Waals surface area contributed by atoms with Crippen molar-refractivity contribution in [2.75, 3.05) is 13.1 Å². The minimum absolute atomic E-state index is 0.0916. The molecule has 106 valence electrons. The van der Waals surface area contributed by atoms with Crippen LogP contribution in [0.1, 0.15) is 35.7 Å². The summed E-state index contributed by atoms with van der Waals surface area (Å²) < 4.78 is 0. The normalized spacial score (nSPS) is 14.8. The molecule has 1 aliphatic rings. The number of hydrogen-bond acceptors (Lipinski definition) is 2. The van der Waals surface area contributed by atoms with E-state index in [9.17, 15) is 9.59 Å². The quantitative estimate of drug-likeness (QED) is 0.857. The predicted octanol–water partition coefficient (Wildman–Crippen LogP) is 2.50. The average Bonchev–Trinajstić information content (AvgIpc) is 2.45. The Morgan fingerprint density at radius 2 is 2.05 bits per heavy atom. The molecule has 0 spiro atoms. The van der Waals surface area contributed by atoms with Crippen LogP contribution >= 0.6 is 0 Å². The van der Waals surface area contributed by atoms with E-state index in [2.05, 4.69) is 13.0 Å². The lowest BCUT2D eigenvalue weighted by atomic mass is 10.0. The first-order valence-corrected chi connectivity index (χ1v) is 6.82. The van der Waals surface area contributed by atoms with Gasteiger partial charge in [-0.3, -0.25) is 4.79 Å². The van der Waals surface area contributed by atoms with Gasteiger partial charge in [0.2, 0.25) is 5.91 Å². The highest BCUT2D eigenvalue weighted by molar-refractivity contribution is 5.89. The van der Waals surface area contributed by atoms with Crippen molar-refractivity contribution < 1.29 is 14.7 Å². The van der Waals surface area contributed by atoms with Gasteiger partial charge in [0, 0.05) is 19.5 Å². The number of benzene rings is 1. The van der Waals surface area contributed by atoms with Gasteiger partial charge in [0.1, 0.15) is 0 Å². The lowest BCUT2D eigenvalue weighted by Gasteiger charge is -2.25. The Hall–Kier alpha value is -2.10. The predicted molar refractivity (Wildman–Crippen MR) is 76.7 cm³/mol. The second-order valence-corrected chi connectivity index (χ2v) is 5.10. The van der Waals surface area contributed by atoms with Crippen molar-refractivity contribution in [3.8, 4) is 0 Å². The number of nitrogens with zero attached hydrogens (tertiary/aromatic N) is 1. The molecule has 4 heteroatoms. The zero-order valence-corrected chi connectivity index (χ0v) is 11.6. The number of carboxylic acid groups (broad SMARTS) is 1. The van der Waals surface area contributed by atoms with Gasteiger partial charge in [0.15, 0.2) is 0 Å². The molecule has 0 radical (unpaired) electrons. The maximum Gasteiger partial charge on any atom is 0.335 e. The summed E-state index contributed by atoms with van der Waals surface area (Å²) in [6.07, 6.45) is 3.84. The Bertz CT molecular complexity index is 548. The first-order chi connectivity index (χ1) is 9.58. The lowest BCUT2D eigenvalue weighted by molar-refractivity contribution is -0.130. The van der Waals surface area contributed by atoms with Gasteiger partial charge in [-0.25, -0.2) is 4.79 Å². The molecule has 0 saturated carbocycles. The van der Waals surface area contributed by atoms with Crippen LogP contribution in [0.3, 0.4) is 0 Å². The van der Waals surface area contributed by atoms with E-state index in [-0.39, 0.29) is 11.5 Å². The van der Waals surface area contributed by atoms with E-state index in [0.717, 1.165) is 18.5 Å². The zero-order valence-electron chi connectivity index (χ0n) is 11.6. The summed E-state index contributed by atoms with van der Waals surface area (Å²) in [4.78, 5) is 25.0. The van der Waals surface area contributed by atoms with Crippen LogP contribution in [0.2, 0.25) is 0 Å². The molecule has 4 nitrogen and oxygen atoms in total. The van der Waals surface area contributed by atoms with Gasteiger partial charge in [-0.2, -0.15) is 0 Å². The minimum atomic E-state index is -0.940. The second kappa shape index (κ2) is 6.37. The minimum Gasteiger partial charge on any atom is -0.478 e. The topological polar surface area (TPSA) is 57.6 Å². The van der Waals surface area contributed by atoms with Crippen molar-refractivity contribution in [1.29, 1.82) is 0 Å². The third kappa shape index (κ3) is 3.47. The molecule has 0 atom stereocenters. The molecule has 0 saturated heterocycles. The van der Waals surface area contributed by atoms with E-state index in [4.69, 9.17) is 5.11 Å². The standard InChI is InChI=1S/C16H19NO3/c1-12-8-10-17(11-9-12)15(18)7-6-13-4-2-3-5-14(13)16(19)20/h2-5,8H,6-7,9-11H2,1H3,(H,19,20). The summed E-state index contributed by atoms with van der Waals surface area (Å²) in [5, 5.41) is 9.11. The SMILES string of the molecule is CC1=CCN(C(=O)CCc2ccccc2C(=O)O)CC1. The monoisotopic (exact) mass is 273 g/mol. The van der Waals surface area contributed by atoms with Crippen LogP contribution in [-0.2, 0) is 11.2 Å². The Labute approximate surface area is 118 Å². The van der Waals surface area contributed by atoms with Gasteiger partial charge in [-0.1, -0.05) is 29.8 Å². The number of amides is 1. The van der Waals surface area contributed by atoms with E-state index in [1.165, 1.54) is 5.57 Å². The van der Waals surface area contributed by atoms with Crippen LogP contribution in [0.4, 0.5) is 0 Å². The molecule has 1 heterocycles. The van der Waals surface area contributed by atoms with Gasteiger partial charge in [0.25, 0.3) is 0 Å². The molecule has 1 N–H and O–H groups in total. The molecule has 0 unspecified atom stereocenters. The molecule has 0 aromatic heterocycles. The second-order valence-electron chi connectivity index (χ2n) is 5.10. The number of carbonyl (C=O) groups excluding carboxylic acids is 1. The van der Waals surface area contributed by atoms with Crippen LogP contribution in [0.5, 0.6) is 0 Å². The Morgan fingerprint density at radius 3 is 2.70 bits per heavy atom. The van der Waals surface area contributed by atoms with Crippen molar-refractivity contribution in [2.45, 2.75) is 26.2 Å². The summed E-state index contributed by atoms with van der Waals surface area (Å²) in [6, 6.07) is 6.86. The maximum atomic E-state index is 12.1. The summed E-state index contributed by atoms with van der Waals surface area (Å²) >= 11 is 0. The molecule has 0 bridgehead atoms. The largest absolute Gasteiger partial charge is 0.478 e. The fraction of sp³-hybridized carbons (Fsp3) is 0.375. The maximum absolute atomic E-state index is 12.1. The number of carboxylic acids is 1. The van der Waals surface area contributed by atoms with Crippen LogP contribution in [0.15, 0.2) is 35.9 Å². The van der Waals surface area contributed by atoms with Crippen LogP contribution in [-0.4, -0.2) is 35.0 Å². The highest BCUT2D eigenvalue weighted by Gasteiger charge is 2.17. The Kier molecular flexibility index (Phi) is 4.56. The van der Waals surface area contributed by atoms with Crippen molar-refractivity contribution in [2.24, 2.45) is 0 Å². The summed E-state index contributed by atoms with van der Waals surface area (Å²) in [7, 11) is 0. The average molecular weight is 273 g/mol. The summed E-state index contributed by atoms with van der Waals surface area (Å²) in [5.74, 6) is -0.849. The van der Waals surface area contributed by atoms with Crippen LogP contribution < -0.4 is 0 Å². The fourth-order valence-corrected chi connectivity index (χ4v) is 2.34. The van der Waals surface area contributed by atoms with E-state index in [0.29, 0.717) is 19.4 Å². The molecular weight excluding hydrogens is 254 g/mol. The number of hydrogen-bond donors (Lipinski definition) is 1. The number of aryl methyl sites for hydroxylation is 1.